The zero-order valence-corrected chi connectivity index (χ0v) is 27.8. The van der Waals surface area contributed by atoms with Crippen molar-refractivity contribution in [2.24, 2.45) is 5.11 Å². The first-order chi connectivity index (χ1) is 23.0. The molecule has 0 aromatic heterocycles. The Bertz CT molecular complexity index is 1270. The molecular weight excluding hydrogens is 666 g/mol. The second-order valence-corrected chi connectivity index (χ2v) is 10.5. The number of nitrogens with zero attached hydrogens (tertiary/aromatic N) is 3. The highest BCUT2D eigenvalue weighted by Crippen LogP contribution is 2.35. The highest BCUT2D eigenvalue weighted by Gasteiger charge is 2.57. The fourth-order valence-electron chi connectivity index (χ4n) is 4.86. The third-order valence-corrected chi connectivity index (χ3v) is 6.42. The van der Waals surface area contributed by atoms with E-state index in [4.69, 9.17) is 57.6 Å². The molecule has 21 nitrogen and oxygen atoms in total. The van der Waals surface area contributed by atoms with E-state index < -0.39 is 116 Å². The maximum absolute atomic E-state index is 12.4. The van der Waals surface area contributed by atoms with Gasteiger partial charge in [0.25, 0.3) is 0 Å². The number of ether oxygens (including phenoxy) is 11. The lowest BCUT2D eigenvalue weighted by Gasteiger charge is -2.48. The van der Waals surface area contributed by atoms with E-state index in [1.807, 2.05) is 0 Å². The monoisotopic (exact) mass is 705 g/mol. The van der Waals surface area contributed by atoms with Gasteiger partial charge in [-0.1, -0.05) is 5.11 Å². The Morgan fingerprint density at radius 3 is 1.39 bits per heavy atom. The normalized spacial score (nSPS) is 29.2. The number of azide groups is 1. The van der Waals surface area contributed by atoms with Gasteiger partial charge in [0.2, 0.25) is 0 Å². The lowest BCUT2D eigenvalue weighted by Crippen LogP contribution is -2.67. The molecule has 2 aliphatic rings. The predicted molar refractivity (Wildman–Crippen MR) is 153 cm³/mol. The van der Waals surface area contributed by atoms with Crippen molar-refractivity contribution in [1.29, 1.82) is 0 Å². The summed E-state index contributed by atoms with van der Waals surface area (Å²) in [4.78, 5) is 87.4. The van der Waals surface area contributed by atoms with E-state index in [-0.39, 0.29) is 13.2 Å². The molecule has 274 valence electrons. The first kappa shape index (κ1) is 40.6. The summed E-state index contributed by atoms with van der Waals surface area (Å²) in [5.41, 5.74) is 8.61. The Morgan fingerprint density at radius 1 is 0.551 bits per heavy atom. The summed E-state index contributed by atoms with van der Waals surface area (Å²) in [5, 5.41) is 3.35. The van der Waals surface area contributed by atoms with Crippen LogP contribution in [-0.4, -0.2) is 130 Å². The Balaban J connectivity index is 2.71. The topological polar surface area (TPSA) is 270 Å². The number of carbonyl (C=O) groups is 7. The van der Waals surface area contributed by atoms with Crippen molar-refractivity contribution in [2.45, 2.75) is 110 Å². The van der Waals surface area contributed by atoms with Crippen molar-refractivity contribution in [2.75, 3.05) is 26.4 Å². The highest BCUT2D eigenvalue weighted by atomic mass is 16.8. The van der Waals surface area contributed by atoms with Crippen molar-refractivity contribution in [3.63, 3.8) is 0 Å². The lowest BCUT2D eigenvalue weighted by molar-refractivity contribution is -0.360. The lowest BCUT2D eigenvalue weighted by atomic mass is 9.96. The zero-order chi connectivity index (χ0) is 36.8. The largest absolute Gasteiger partial charge is 0.463 e. The van der Waals surface area contributed by atoms with Crippen LogP contribution in [0.2, 0.25) is 0 Å². The van der Waals surface area contributed by atoms with E-state index in [1.165, 1.54) is 0 Å². The summed E-state index contributed by atoms with van der Waals surface area (Å²) in [6.07, 6.45) is -15.8. The summed E-state index contributed by atoms with van der Waals surface area (Å²) in [6, 6.07) is 0. The predicted octanol–water partition coefficient (Wildman–Crippen LogP) is -0.0670. The number of hydrogen-bond acceptors (Lipinski definition) is 19. The van der Waals surface area contributed by atoms with E-state index in [9.17, 15) is 33.6 Å². The van der Waals surface area contributed by atoms with Gasteiger partial charge in [0, 0.05) is 59.9 Å². The van der Waals surface area contributed by atoms with Crippen molar-refractivity contribution >= 4 is 41.8 Å². The van der Waals surface area contributed by atoms with Gasteiger partial charge < -0.3 is 52.1 Å². The summed E-state index contributed by atoms with van der Waals surface area (Å²) >= 11 is 0. The van der Waals surface area contributed by atoms with E-state index in [1.54, 1.807) is 0 Å². The molecule has 2 heterocycles. The molecule has 0 aromatic carbocycles. The summed E-state index contributed by atoms with van der Waals surface area (Å²) in [6.45, 7) is 5.74. The molecule has 0 unspecified atom stereocenters. The molecule has 21 heteroatoms. The van der Waals surface area contributed by atoms with Gasteiger partial charge >= 0.3 is 41.8 Å². The average molecular weight is 706 g/mol. The Morgan fingerprint density at radius 2 is 0.939 bits per heavy atom. The molecule has 0 amide bonds. The molecule has 0 N–H and O–H groups in total. The first-order valence-corrected chi connectivity index (χ1v) is 14.8. The molecule has 49 heavy (non-hydrogen) atoms. The number of hydrogen-bond donors (Lipinski definition) is 0. The molecular formula is C28H39N3O18. The van der Waals surface area contributed by atoms with Crippen LogP contribution in [0, 0.1) is 0 Å². The standard InChI is InChI=1S/C28H39N3O18/c1-12(32)40-10-19-21(42-14(3)34)23(43-15(4)35)26(46-18(7)38)28(48-19)49-22-20(11-41-13(2)33)47-27(39-9-8-30-31-29)25(45-17(6)37)24(22)44-16(5)36/h19-28H,8-11H2,1-7H3/t19-,20-,21-,22-,23+,24+,25-,26-,27-,28-/m1/s1. The molecule has 2 aliphatic heterocycles. The van der Waals surface area contributed by atoms with Gasteiger partial charge in [-0.3, -0.25) is 33.6 Å². The van der Waals surface area contributed by atoms with Gasteiger partial charge in [0.15, 0.2) is 43.1 Å². The first-order valence-electron chi connectivity index (χ1n) is 14.8. The second-order valence-electron chi connectivity index (χ2n) is 10.5. The quantitative estimate of drug-likeness (QED) is 0.0538. The van der Waals surface area contributed by atoms with E-state index in [2.05, 4.69) is 10.0 Å². The minimum absolute atomic E-state index is 0.180. The maximum Gasteiger partial charge on any atom is 0.303 e. The minimum Gasteiger partial charge on any atom is -0.463 e. The van der Waals surface area contributed by atoms with Crippen LogP contribution in [0.25, 0.3) is 10.4 Å². The van der Waals surface area contributed by atoms with Crippen LogP contribution in [0.5, 0.6) is 0 Å². The Hall–Kier alpha value is -4.56. The van der Waals surface area contributed by atoms with Crippen molar-refractivity contribution in [3.05, 3.63) is 10.4 Å². The van der Waals surface area contributed by atoms with Crippen LogP contribution in [0.3, 0.4) is 0 Å². The molecule has 0 aliphatic carbocycles. The van der Waals surface area contributed by atoms with Crippen LogP contribution >= 0.6 is 0 Å². The second kappa shape index (κ2) is 19.4. The van der Waals surface area contributed by atoms with Crippen molar-refractivity contribution in [3.8, 4) is 0 Å². The van der Waals surface area contributed by atoms with Crippen LogP contribution in [0.15, 0.2) is 5.11 Å². The van der Waals surface area contributed by atoms with Gasteiger partial charge in [0.05, 0.1) is 6.61 Å². The maximum atomic E-state index is 12.4. The number of rotatable bonds is 15. The molecule has 2 rings (SSSR count). The highest BCUT2D eigenvalue weighted by molar-refractivity contribution is 5.69. The third kappa shape index (κ3) is 13.1. The molecule has 0 aromatic rings. The van der Waals surface area contributed by atoms with Crippen LogP contribution in [0.1, 0.15) is 48.5 Å². The molecule has 0 bridgehead atoms. The van der Waals surface area contributed by atoms with Crippen molar-refractivity contribution in [1.82, 2.24) is 0 Å². The van der Waals surface area contributed by atoms with Gasteiger partial charge in [-0.25, -0.2) is 0 Å². The van der Waals surface area contributed by atoms with Gasteiger partial charge in [-0.15, -0.1) is 0 Å². The fourth-order valence-corrected chi connectivity index (χ4v) is 4.86. The van der Waals surface area contributed by atoms with Crippen LogP contribution in [0.4, 0.5) is 0 Å². The summed E-state index contributed by atoms with van der Waals surface area (Å²) in [7, 11) is 0. The summed E-state index contributed by atoms with van der Waals surface area (Å²) < 4.78 is 61.2. The van der Waals surface area contributed by atoms with E-state index in [0.717, 1.165) is 48.5 Å². The zero-order valence-electron chi connectivity index (χ0n) is 27.8. The third-order valence-electron chi connectivity index (χ3n) is 6.42. The Labute approximate surface area is 279 Å². The SMILES string of the molecule is CC(=O)OC[C@H]1O[C@H](O[C@H]2[C@H](OC(C)=O)[C@@H](OC(C)=O)[C@H](OCCN=[N+]=[N-])O[C@@H]2COC(C)=O)[C@H](OC(C)=O)[C@@H](OC(C)=O)[C@@H]1OC(C)=O. The Kier molecular flexibility index (Phi) is 16.1. The van der Waals surface area contributed by atoms with Crippen LogP contribution in [-0.2, 0) is 85.7 Å². The number of carbonyl (C=O) groups excluding carboxylic acids is 7. The average Bonchev–Trinajstić information content (AvgIpc) is 2.97. The molecule has 0 saturated carbocycles. The van der Waals surface area contributed by atoms with Crippen LogP contribution < -0.4 is 0 Å². The fraction of sp³-hybridized carbons (Fsp3) is 0.750. The van der Waals surface area contributed by atoms with Gasteiger partial charge in [0.1, 0.15) is 31.5 Å². The van der Waals surface area contributed by atoms with Crippen molar-refractivity contribution < 1.29 is 85.7 Å². The van der Waals surface area contributed by atoms with Gasteiger partial charge in [-0.2, -0.15) is 0 Å². The van der Waals surface area contributed by atoms with E-state index >= 15 is 0 Å². The molecule has 0 spiro atoms. The minimum atomic E-state index is -1.81. The molecule has 10 atom stereocenters. The molecule has 0 radical (unpaired) electrons. The molecule has 2 fully saturated rings. The summed E-state index contributed by atoms with van der Waals surface area (Å²) in [5.74, 6) is -6.01. The number of esters is 7. The van der Waals surface area contributed by atoms with E-state index in [0.29, 0.717) is 0 Å². The smallest absolute Gasteiger partial charge is 0.303 e. The van der Waals surface area contributed by atoms with Gasteiger partial charge in [-0.05, 0) is 5.53 Å². The molecule has 2 saturated heterocycles.